The number of halogens is 3. The zero-order chi connectivity index (χ0) is 18.9. The van der Waals surface area contributed by atoms with Gasteiger partial charge in [-0.15, -0.1) is 0 Å². The van der Waals surface area contributed by atoms with E-state index >= 15 is 0 Å². The summed E-state index contributed by atoms with van der Waals surface area (Å²) < 4.78 is 40.1. The van der Waals surface area contributed by atoms with Gasteiger partial charge >= 0.3 is 6.18 Å². The fourth-order valence-electron chi connectivity index (χ4n) is 3.18. The number of alkyl halides is 3. The molecule has 1 unspecified atom stereocenters. The fraction of sp³-hybridized carbons (Fsp3) is 0.444. The Morgan fingerprint density at radius 1 is 1.31 bits per heavy atom. The maximum atomic E-state index is 12.8. The van der Waals surface area contributed by atoms with Gasteiger partial charge in [-0.2, -0.15) is 18.3 Å². The number of aromatic nitrogens is 2. The molecular formula is C18H21F3N4O. The number of carbonyl (C=O) groups is 1. The van der Waals surface area contributed by atoms with Gasteiger partial charge in [0.1, 0.15) is 0 Å². The molecule has 1 atom stereocenters. The number of hydrogen-bond donors (Lipinski definition) is 1. The molecule has 3 rings (SSSR count). The fourth-order valence-corrected chi connectivity index (χ4v) is 3.18. The van der Waals surface area contributed by atoms with E-state index in [0.29, 0.717) is 25.2 Å². The van der Waals surface area contributed by atoms with Gasteiger partial charge in [0.15, 0.2) is 0 Å². The van der Waals surface area contributed by atoms with Crippen molar-refractivity contribution in [3.63, 3.8) is 0 Å². The maximum Gasteiger partial charge on any atom is 0.416 e. The van der Waals surface area contributed by atoms with Crippen LogP contribution in [0.3, 0.4) is 0 Å². The Morgan fingerprint density at radius 3 is 2.62 bits per heavy atom. The number of aryl methyl sites for hydroxylation is 1. The molecule has 1 aliphatic heterocycles. The molecule has 1 aromatic carbocycles. The molecule has 2 aromatic rings. The van der Waals surface area contributed by atoms with Crippen LogP contribution in [0.15, 0.2) is 30.5 Å². The SMILES string of the molecule is CCC(=O)NCC1Cc2nn(C)cc2N(c2ccc(C(F)(F)F)cc2)C1. The molecule has 26 heavy (non-hydrogen) atoms. The molecule has 140 valence electrons. The first-order chi connectivity index (χ1) is 12.3. The highest BCUT2D eigenvalue weighted by Gasteiger charge is 2.32. The molecule has 0 aliphatic carbocycles. The van der Waals surface area contributed by atoms with Crippen LogP contribution in [-0.2, 0) is 24.4 Å². The van der Waals surface area contributed by atoms with Crippen molar-refractivity contribution < 1.29 is 18.0 Å². The number of rotatable bonds is 4. The Bertz CT molecular complexity index is 783. The number of nitrogens with one attached hydrogen (secondary N) is 1. The molecule has 1 amide bonds. The Kier molecular flexibility index (Phi) is 4.93. The monoisotopic (exact) mass is 366 g/mol. The number of nitrogens with zero attached hydrogens (tertiary/aromatic N) is 3. The number of benzene rings is 1. The van der Waals surface area contributed by atoms with Crippen LogP contribution in [-0.4, -0.2) is 28.8 Å². The third-order valence-corrected chi connectivity index (χ3v) is 4.51. The average Bonchev–Trinajstić information content (AvgIpc) is 2.98. The van der Waals surface area contributed by atoms with Gasteiger partial charge in [-0.1, -0.05) is 6.92 Å². The van der Waals surface area contributed by atoms with Crippen LogP contribution >= 0.6 is 0 Å². The van der Waals surface area contributed by atoms with Crippen LogP contribution in [0.5, 0.6) is 0 Å². The van der Waals surface area contributed by atoms with E-state index in [9.17, 15) is 18.0 Å². The molecule has 1 N–H and O–H groups in total. The van der Waals surface area contributed by atoms with Gasteiger partial charge in [0.05, 0.1) is 16.9 Å². The summed E-state index contributed by atoms with van der Waals surface area (Å²) in [7, 11) is 1.82. The summed E-state index contributed by atoms with van der Waals surface area (Å²) in [4.78, 5) is 13.5. The van der Waals surface area contributed by atoms with Crippen LogP contribution in [0, 0.1) is 5.92 Å². The Hall–Kier alpha value is -2.51. The third-order valence-electron chi connectivity index (χ3n) is 4.51. The minimum absolute atomic E-state index is 0.0158. The van der Waals surface area contributed by atoms with Crippen LogP contribution in [0.4, 0.5) is 24.5 Å². The maximum absolute atomic E-state index is 12.8. The number of fused-ring (bicyclic) bond motifs is 1. The second-order valence-electron chi connectivity index (χ2n) is 6.52. The molecule has 8 heteroatoms. The molecule has 5 nitrogen and oxygen atoms in total. The van der Waals surface area contributed by atoms with Crippen molar-refractivity contribution >= 4 is 17.3 Å². The second-order valence-corrected chi connectivity index (χ2v) is 6.52. The predicted octanol–water partition coefficient (Wildman–Crippen LogP) is 3.28. The van der Waals surface area contributed by atoms with E-state index in [2.05, 4.69) is 10.4 Å². The molecule has 0 spiro atoms. The number of carbonyl (C=O) groups excluding carboxylic acids is 1. The van der Waals surface area contributed by atoms with Gasteiger partial charge in [-0.25, -0.2) is 0 Å². The summed E-state index contributed by atoms with van der Waals surface area (Å²) in [5.41, 5.74) is 1.79. The summed E-state index contributed by atoms with van der Waals surface area (Å²) in [6.45, 7) is 2.91. The van der Waals surface area contributed by atoms with Gasteiger partial charge in [0.2, 0.25) is 5.91 Å². The van der Waals surface area contributed by atoms with Gasteiger partial charge in [-0.3, -0.25) is 9.48 Å². The summed E-state index contributed by atoms with van der Waals surface area (Å²) in [6.07, 6.45) is -1.35. The molecule has 0 bridgehead atoms. The van der Waals surface area contributed by atoms with Gasteiger partial charge < -0.3 is 10.2 Å². The van der Waals surface area contributed by atoms with Crippen LogP contribution in [0.1, 0.15) is 24.6 Å². The lowest BCUT2D eigenvalue weighted by molar-refractivity contribution is -0.137. The highest BCUT2D eigenvalue weighted by Crippen LogP contribution is 2.36. The van der Waals surface area contributed by atoms with E-state index in [1.54, 1.807) is 11.6 Å². The number of hydrogen-bond acceptors (Lipinski definition) is 3. The highest BCUT2D eigenvalue weighted by molar-refractivity contribution is 5.75. The topological polar surface area (TPSA) is 50.2 Å². The second kappa shape index (κ2) is 7.01. The quantitative estimate of drug-likeness (QED) is 0.904. The van der Waals surface area contributed by atoms with E-state index in [0.717, 1.165) is 29.9 Å². The first-order valence-corrected chi connectivity index (χ1v) is 8.52. The molecular weight excluding hydrogens is 345 g/mol. The lowest BCUT2D eigenvalue weighted by Crippen LogP contribution is -2.39. The van der Waals surface area contributed by atoms with Crippen molar-refractivity contribution in [3.8, 4) is 0 Å². The third kappa shape index (κ3) is 3.84. The van der Waals surface area contributed by atoms with Crippen molar-refractivity contribution in [1.82, 2.24) is 15.1 Å². The summed E-state index contributed by atoms with van der Waals surface area (Å²) in [5, 5.41) is 7.36. The summed E-state index contributed by atoms with van der Waals surface area (Å²) in [6, 6.07) is 5.14. The van der Waals surface area contributed by atoms with Crippen molar-refractivity contribution in [1.29, 1.82) is 0 Å². The Balaban J connectivity index is 1.85. The van der Waals surface area contributed by atoms with E-state index in [-0.39, 0.29) is 11.8 Å². The number of anilines is 2. The molecule has 0 saturated carbocycles. The zero-order valence-electron chi connectivity index (χ0n) is 14.7. The predicted molar refractivity (Wildman–Crippen MR) is 92.2 cm³/mol. The van der Waals surface area contributed by atoms with Crippen LogP contribution < -0.4 is 10.2 Å². The van der Waals surface area contributed by atoms with Gasteiger partial charge in [-0.05, 0) is 36.6 Å². The zero-order valence-corrected chi connectivity index (χ0v) is 14.7. The minimum Gasteiger partial charge on any atom is -0.356 e. The summed E-state index contributed by atoms with van der Waals surface area (Å²) >= 11 is 0. The molecule has 0 fully saturated rings. The smallest absolute Gasteiger partial charge is 0.356 e. The van der Waals surface area contributed by atoms with Crippen molar-refractivity contribution in [2.24, 2.45) is 13.0 Å². The van der Waals surface area contributed by atoms with E-state index in [1.807, 2.05) is 18.1 Å². The van der Waals surface area contributed by atoms with Crippen LogP contribution in [0.2, 0.25) is 0 Å². The largest absolute Gasteiger partial charge is 0.416 e. The molecule has 2 heterocycles. The Morgan fingerprint density at radius 2 is 2.00 bits per heavy atom. The highest BCUT2D eigenvalue weighted by atomic mass is 19.4. The van der Waals surface area contributed by atoms with E-state index < -0.39 is 11.7 Å². The Labute approximate surface area is 149 Å². The standard InChI is InChI=1S/C18H21F3N4O/c1-3-17(26)22-9-12-8-15-16(11-24(2)23-15)25(10-12)14-6-4-13(5-7-14)18(19,20)21/h4-7,11-12H,3,8-10H2,1-2H3,(H,22,26). The lowest BCUT2D eigenvalue weighted by Gasteiger charge is -2.33. The van der Waals surface area contributed by atoms with Crippen LogP contribution in [0.25, 0.3) is 0 Å². The molecule has 0 saturated heterocycles. The molecule has 1 aromatic heterocycles. The number of amides is 1. The van der Waals surface area contributed by atoms with Gasteiger partial charge in [0.25, 0.3) is 0 Å². The average molecular weight is 366 g/mol. The first kappa shape index (κ1) is 18.3. The lowest BCUT2D eigenvalue weighted by atomic mass is 9.96. The molecule has 1 aliphatic rings. The van der Waals surface area contributed by atoms with E-state index in [1.165, 1.54) is 12.1 Å². The van der Waals surface area contributed by atoms with Crippen molar-refractivity contribution in [2.45, 2.75) is 25.9 Å². The van der Waals surface area contributed by atoms with Gasteiger partial charge in [0, 0.05) is 38.4 Å². The minimum atomic E-state index is -4.35. The normalized spacial score (nSPS) is 17.1. The van der Waals surface area contributed by atoms with Crippen molar-refractivity contribution in [2.75, 3.05) is 18.0 Å². The molecule has 0 radical (unpaired) electrons. The van der Waals surface area contributed by atoms with E-state index in [4.69, 9.17) is 0 Å². The first-order valence-electron chi connectivity index (χ1n) is 8.52. The van der Waals surface area contributed by atoms with Crippen molar-refractivity contribution in [3.05, 3.63) is 41.7 Å². The summed E-state index contributed by atoms with van der Waals surface area (Å²) in [5.74, 6) is 0.119.